The number of carbonyl (C=O) groups excluding carboxylic acids is 2. The Bertz CT molecular complexity index is 404. The molecule has 0 saturated heterocycles. The highest BCUT2D eigenvalue weighted by Crippen LogP contribution is 2.02. The number of amides is 2. The van der Waals surface area contributed by atoms with Crippen LogP contribution in [0, 0.1) is 0 Å². The summed E-state index contributed by atoms with van der Waals surface area (Å²) in [5.74, 6) is -1.32. The molecular weight excluding hydrogens is 222 g/mol. The van der Waals surface area contributed by atoms with E-state index in [1.54, 1.807) is 32.0 Å². The Balaban J connectivity index is 2.57. The summed E-state index contributed by atoms with van der Waals surface area (Å²) >= 11 is 0. The largest absolute Gasteiger partial charge is 0.394 e. The smallest absolute Gasteiger partial charge is 0.314 e. The second-order valence-corrected chi connectivity index (χ2v) is 4.17. The predicted octanol–water partition coefficient (Wildman–Crippen LogP) is -0.0928. The van der Waals surface area contributed by atoms with E-state index in [0.717, 1.165) is 0 Å². The number of aliphatic hydroxyl groups excluding tert-OH is 1. The molecule has 0 aromatic carbocycles. The van der Waals surface area contributed by atoms with Crippen molar-refractivity contribution in [3.8, 4) is 0 Å². The van der Waals surface area contributed by atoms with Crippen molar-refractivity contribution in [1.29, 1.82) is 0 Å². The van der Waals surface area contributed by atoms with Crippen LogP contribution in [0.25, 0.3) is 0 Å². The normalized spacial score (nSPS) is 10.8. The Kier molecular flexibility index (Phi) is 4.17. The standard InChI is InChI=1S/C11H15N3O3/c1-11(2,7-15)14-10(17)9(16)13-8-5-3-4-6-12-8/h3-6,15H,7H2,1-2H3,(H,14,17)(H,12,13,16). The summed E-state index contributed by atoms with van der Waals surface area (Å²) in [7, 11) is 0. The van der Waals surface area contributed by atoms with Crippen molar-refractivity contribution in [1.82, 2.24) is 10.3 Å². The first-order valence-corrected chi connectivity index (χ1v) is 5.10. The van der Waals surface area contributed by atoms with E-state index in [-0.39, 0.29) is 6.61 Å². The molecule has 1 heterocycles. The number of rotatable bonds is 3. The van der Waals surface area contributed by atoms with Crippen LogP contribution in [0.15, 0.2) is 24.4 Å². The van der Waals surface area contributed by atoms with Gasteiger partial charge in [-0.05, 0) is 26.0 Å². The number of nitrogens with zero attached hydrogens (tertiary/aromatic N) is 1. The van der Waals surface area contributed by atoms with Gasteiger partial charge < -0.3 is 15.7 Å². The van der Waals surface area contributed by atoms with E-state index in [2.05, 4.69) is 15.6 Å². The maximum atomic E-state index is 11.5. The molecule has 0 unspecified atom stereocenters. The maximum Gasteiger partial charge on any atom is 0.314 e. The van der Waals surface area contributed by atoms with Crippen LogP contribution in [0.3, 0.4) is 0 Å². The first-order chi connectivity index (χ1) is 7.94. The number of aliphatic hydroxyl groups is 1. The maximum absolute atomic E-state index is 11.5. The second kappa shape index (κ2) is 5.40. The molecule has 0 spiro atoms. The van der Waals surface area contributed by atoms with Crippen LogP contribution in [-0.2, 0) is 9.59 Å². The van der Waals surface area contributed by atoms with Crippen molar-refractivity contribution >= 4 is 17.6 Å². The quantitative estimate of drug-likeness (QED) is 0.640. The SMILES string of the molecule is CC(C)(CO)NC(=O)C(=O)Nc1ccccn1. The van der Waals surface area contributed by atoms with Crippen LogP contribution in [0.5, 0.6) is 0 Å². The lowest BCUT2D eigenvalue weighted by Gasteiger charge is -2.22. The Morgan fingerprint density at radius 3 is 2.59 bits per heavy atom. The Labute approximate surface area is 99.1 Å². The van der Waals surface area contributed by atoms with Crippen LogP contribution in [0.4, 0.5) is 5.82 Å². The number of hydrogen-bond acceptors (Lipinski definition) is 4. The highest BCUT2D eigenvalue weighted by atomic mass is 16.3. The molecule has 0 aliphatic heterocycles. The molecule has 17 heavy (non-hydrogen) atoms. The zero-order valence-corrected chi connectivity index (χ0v) is 9.73. The van der Waals surface area contributed by atoms with Gasteiger partial charge in [-0.15, -0.1) is 0 Å². The monoisotopic (exact) mass is 237 g/mol. The van der Waals surface area contributed by atoms with Crippen molar-refractivity contribution in [3.05, 3.63) is 24.4 Å². The summed E-state index contributed by atoms with van der Waals surface area (Å²) in [5, 5.41) is 13.7. The van der Waals surface area contributed by atoms with E-state index >= 15 is 0 Å². The van der Waals surface area contributed by atoms with Gasteiger partial charge in [0.15, 0.2) is 0 Å². The number of hydrogen-bond donors (Lipinski definition) is 3. The average Bonchev–Trinajstić information content (AvgIpc) is 2.30. The first kappa shape index (κ1) is 13.1. The number of aromatic nitrogens is 1. The summed E-state index contributed by atoms with van der Waals surface area (Å²) in [6, 6.07) is 4.96. The van der Waals surface area contributed by atoms with Gasteiger partial charge in [0.2, 0.25) is 0 Å². The van der Waals surface area contributed by atoms with Gasteiger partial charge in [-0.3, -0.25) is 9.59 Å². The molecule has 0 radical (unpaired) electrons. The average molecular weight is 237 g/mol. The molecule has 0 bridgehead atoms. The number of anilines is 1. The molecule has 1 aromatic rings. The summed E-state index contributed by atoms with van der Waals surface area (Å²) in [6.45, 7) is 2.97. The Morgan fingerprint density at radius 1 is 1.35 bits per heavy atom. The van der Waals surface area contributed by atoms with Gasteiger partial charge in [-0.25, -0.2) is 4.98 Å². The molecule has 0 atom stereocenters. The molecule has 6 heteroatoms. The van der Waals surface area contributed by atoms with E-state index in [9.17, 15) is 9.59 Å². The topological polar surface area (TPSA) is 91.3 Å². The first-order valence-electron chi connectivity index (χ1n) is 5.10. The van der Waals surface area contributed by atoms with Gasteiger partial charge in [0.05, 0.1) is 12.1 Å². The zero-order valence-electron chi connectivity index (χ0n) is 9.73. The van der Waals surface area contributed by atoms with Crippen LogP contribution in [0.1, 0.15) is 13.8 Å². The van der Waals surface area contributed by atoms with E-state index < -0.39 is 17.4 Å². The van der Waals surface area contributed by atoms with Crippen molar-refractivity contribution in [2.75, 3.05) is 11.9 Å². The molecule has 0 fully saturated rings. The fourth-order valence-electron chi connectivity index (χ4n) is 1.01. The van der Waals surface area contributed by atoms with Gasteiger partial charge in [-0.1, -0.05) is 6.07 Å². The minimum absolute atomic E-state index is 0.254. The molecular formula is C11H15N3O3. The van der Waals surface area contributed by atoms with E-state index in [1.807, 2.05) is 0 Å². The van der Waals surface area contributed by atoms with Crippen LogP contribution >= 0.6 is 0 Å². The highest BCUT2D eigenvalue weighted by Gasteiger charge is 2.23. The lowest BCUT2D eigenvalue weighted by atomic mass is 10.1. The zero-order chi connectivity index (χ0) is 12.9. The number of carbonyl (C=O) groups is 2. The van der Waals surface area contributed by atoms with Gasteiger partial charge >= 0.3 is 11.8 Å². The van der Waals surface area contributed by atoms with Crippen LogP contribution in [0.2, 0.25) is 0 Å². The third kappa shape index (κ3) is 4.20. The lowest BCUT2D eigenvalue weighted by molar-refractivity contribution is -0.137. The summed E-state index contributed by atoms with van der Waals surface area (Å²) in [6.07, 6.45) is 1.51. The van der Waals surface area contributed by atoms with Gasteiger partial charge in [0, 0.05) is 6.20 Å². The fourth-order valence-corrected chi connectivity index (χ4v) is 1.01. The predicted molar refractivity (Wildman–Crippen MR) is 62.2 cm³/mol. The third-order valence-electron chi connectivity index (χ3n) is 1.96. The van der Waals surface area contributed by atoms with Crippen molar-refractivity contribution in [2.24, 2.45) is 0 Å². The van der Waals surface area contributed by atoms with Crippen molar-refractivity contribution in [3.63, 3.8) is 0 Å². The Hall–Kier alpha value is -1.95. The van der Waals surface area contributed by atoms with E-state index in [0.29, 0.717) is 5.82 Å². The lowest BCUT2D eigenvalue weighted by Crippen LogP contribution is -2.50. The molecule has 0 aliphatic carbocycles. The van der Waals surface area contributed by atoms with E-state index in [1.165, 1.54) is 6.20 Å². The molecule has 1 aromatic heterocycles. The van der Waals surface area contributed by atoms with Gasteiger partial charge in [-0.2, -0.15) is 0 Å². The molecule has 0 saturated carbocycles. The Morgan fingerprint density at radius 2 is 2.06 bits per heavy atom. The highest BCUT2D eigenvalue weighted by molar-refractivity contribution is 6.39. The minimum atomic E-state index is -0.835. The van der Waals surface area contributed by atoms with Crippen LogP contribution < -0.4 is 10.6 Å². The van der Waals surface area contributed by atoms with Gasteiger partial charge in [0.1, 0.15) is 5.82 Å². The van der Waals surface area contributed by atoms with Crippen molar-refractivity contribution in [2.45, 2.75) is 19.4 Å². The fraction of sp³-hybridized carbons (Fsp3) is 0.364. The number of pyridine rings is 1. The third-order valence-corrected chi connectivity index (χ3v) is 1.96. The van der Waals surface area contributed by atoms with E-state index in [4.69, 9.17) is 5.11 Å². The molecule has 92 valence electrons. The summed E-state index contributed by atoms with van der Waals surface area (Å²) in [5.41, 5.74) is -0.835. The van der Waals surface area contributed by atoms with Crippen LogP contribution in [-0.4, -0.2) is 34.1 Å². The summed E-state index contributed by atoms with van der Waals surface area (Å²) < 4.78 is 0. The molecule has 2 amide bonds. The molecule has 1 rings (SSSR count). The number of nitrogens with one attached hydrogen (secondary N) is 2. The minimum Gasteiger partial charge on any atom is -0.394 e. The second-order valence-electron chi connectivity index (χ2n) is 4.17. The summed E-state index contributed by atoms with van der Waals surface area (Å²) in [4.78, 5) is 26.8. The molecule has 0 aliphatic rings. The molecule has 6 nitrogen and oxygen atoms in total. The van der Waals surface area contributed by atoms with Gasteiger partial charge in [0.25, 0.3) is 0 Å². The van der Waals surface area contributed by atoms with Crippen molar-refractivity contribution < 1.29 is 14.7 Å². The molecule has 3 N–H and O–H groups in total.